The maximum absolute atomic E-state index is 9.36. The smallest absolute Gasteiger partial charge is 0.128 e. The molecule has 146 valence electrons. The third-order valence-electron chi connectivity index (χ3n) is 5.13. The molecule has 0 bridgehead atoms. The van der Waals surface area contributed by atoms with Gasteiger partial charge >= 0.3 is 0 Å². The third-order valence-corrected chi connectivity index (χ3v) is 5.13. The standard InChI is InChI=1S/C28H18N2O/c29-19-20-14-15-27-26(16-20)25(21-8-3-1-4-9-21)18-28(30-27)22-10-7-13-24(17-22)31-23-11-5-2-6-12-23/h1-18H. The minimum atomic E-state index is 0.623. The minimum absolute atomic E-state index is 0.623. The van der Waals surface area contributed by atoms with E-state index in [1.54, 1.807) is 0 Å². The number of nitrogens with zero attached hydrogens (tertiary/aromatic N) is 2. The Bertz CT molecular complexity index is 1400. The lowest BCUT2D eigenvalue weighted by Gasteiger charge is -2.12. The summed E-state index contributed by atoms with van der Waals surface area (Å²) in [5.74, 6) is 1.55. The van der Waals surface area contributed by atoms with E-state index >= 15 is 0 Å². The van der Waals surface area contributed by atoms with Crippen molar-refractivity contribution in [1.29, 1.82) is 5.26 Å². The number of aromatic nitrogens is 1. The van der Waals surface area contributed by atoms with Crippen LogP contribution in [-0.2, 0) is 0 Å². The molecular weight excluding hydrogens is 380 g/mol. The van der Waals surface area contributed by atoms with Gasteiger partial charge < -0.3 is 4.74 Å². The van der Waals surface area contributed by atoms with E-state index in [1.807, 2.05) is 91.0 Å². The monoisotopic (exact) mass is 398 g/mol. The van der Waals surface area contributed by atoms with Crippen molar-refractivity contribution in [3.05, 3.63) is 115 Å². The molecule has 31 heavy (non-hydrogen) atoms. The maximum atomic E-state index is 9.36. The number of ether oxygens (including phenoxy) is 1. The lowest BCUT2D eigenvalue weighted by atomic mass is 9.97. The van der Waals surface area contributed by atoms with Gasteiger partial charge in [0, 0.05) is 10.9 Å². The lowest BCUT2D eigenvalue weighted by molar-refractivity contribution is 0.483. The van der Waals surface area contributed by atoms with Gasteiger partial charge in [-0.05, 0) is 59.7 Å². The van der Waals surface area contributed by atoms with Crippen molar-refractivity contribution in [3.8, 4) is 40.0 Å². The second-order valence-electron chi connectivity index (χ2n) is 7.21. The van der Waals surface area contributed by atoms with Crippen molar-refractivity contribution in [2.24, 2.45) is 0 Å². The van der Waals surface area contributed by atoms with Gasteiger partial charge in [-0.15, -0.1) is 0 Å². The van der Waals surface area contributed by atoms with E-state index in [0.717, 1.165) is 44.8 Å². The Balaban J connectivity index is 1.64. The van der Waals surface area contributed by atoms with Crippen LogP contribution in [0.15, 0.2) is 109 Å². The fourth-order valence-corrected chi connectivity index (χ4v) is 3.64. The number of pyridine rings is 1. The van der Waals surface area contributed by atoms with Gasteiger partial charge in [0.2, 0.25) is 0 Å². The summed E-state index contributed by atoms with van der Waals surface area (Å²) in [6.45, 7) is 0. The summed E-state index contributed by atoms with van der Waals surface area (Å²) in [6, 6.07) is 37.8. The first kappa shape index (κ1) is 18.6. The normalized spacial score (nSPS) is 10.5. The van der Waals surface area contributed by atoms with E-state index in [1.165, 1.54) is 0 Å². The number of rotatable bonds is 4. The average molecular weight is 398 g/mol. The number of nitriles is 1. The Kier molecular flexibility index (Phi) is 4.88. The zero-order valence-electron chi connectivity index (χ0n) is 16.7. The highest BCUT2D eigenvalue weighted by Crippen LogP contribution is 2.34. The zero-order chi connectivity index (χ0) is 21.0. The minimum Gasteiger partial charge on any atom is -0.457 e. The van der Waals surface area contributed by atoms with Gasteiger partial charge in [-0.25, -0.2) is 4.98 Å². The molecule has 0 aliphatic heterocycles. The molecule has 0 fully saturated rings. The van der Waals surface area contributed by atoms with Crippen molar-refractivity contribution < 1.29 is 4.74 Å². The molecule has 4 aromatic carbocycles. The van der Waals surface area contributed by atoms with Crippen molar-refractivity contribution >= 4 is 10.9 Å². The highest BCUT2D eigenvalue weighted by Gasteiger charge is 2.11. The van der Waals surface area contributed by atoms with Gasteiger partial charge in [-0.3, -0.25) is 0 Å². The van der Waals surface area contributed by atoms with Gasteiger partial charge in [-0.1, -0.05) is 60.7 Å². The van der Waals surface area contributed by atoms with E-state index in [-0.39, 0.29) is 0 Å². The quantitative estimate of drug-likeness (QED) is 0.321. The van der Waals surface area contributed by atoms with Gasteiger partial charge in [0.15, 0.2) is 0 Å². The van der Waals surface area contributed by atoms with Crippen LogP contribution in [0.25, 0.3) is 33.3 Å². The molecule has 0 aliphatic rings. The summed E-state index contributed by atoms with van der Waals surface area (Å²) in [7, 11) is 0. The van der Waals surface area contributed by atoms with E-state index in [2.05, 4.69) is 24.3 Å². The summed E-state index contributed by atoms with van der Waals surface area (Å²) < 4.78 is 6.01. The Labute approximate surface area is 180 Å². The topological polar surface area (TPSA) is 45.9 Å². The van der Waals surface area contributed by atoms with Crippen LogP contribution in [0, 0.1) is 11.3 Å². The van der Waals surface area contributed by atoms with Crippen molar-refractivity contribution in [2.45, 2.75) is 0 Å². The Morgan fingerprint density at radius 2 is 1.35 bits per heavy atom. The summed E-state index contributed by atoms with van der Waals surface area (Å²) in [5, 5.41) is 10.3. The molecule has 0 saturated carbocycles. The van der Waals surface area contributed by atoms with Crippen LogP contribution in [0.1, 0.15) is 5.56 Å². The van der Waals surface area contributed by atoms with E-state index < -0.39 is 0 Å². The molecule has 1 heterocycles. The Morgan fingerprint density at radius 1 is 0.645 bits per heavy atom. The van der Waals surface area contributed by atoms with Crippen LogP contribution in [-0.4, -0.2) is 4.98 Å². The molecule has 0 atom stereocenters. The molecule has 0 N–H and O–H groups in total. The lowest BCUT2D eigenvalue weighted by Crippen LogP contribution is -1.91. The predicted molar refractivity (Wildman–Crippen MR) is 124 cm³/mol. The second-order valence-corrected chi connectivity index (χ2v) is 7.21. The largest absolute Gasteiger partial charge is 0.457 e. The van der Waals surface area contributed by atoms with Crippen molar-refractivity contribution in [2.75, 3.05) is 0 Å². The molecule has 0 saturated heterocycles. The molecule has 3 nitrogen and oxygen atoms in total. The highest BCUT2D eigenvalue weighted by atomic mass is 16.5. The van der Waals surface area contributed by atoms with Crippen LogP contribution < -0.4 is 4.74 Å². The number of para-hydroxylation sites is 1. The summed E-state index contributed by atoms with van der Waals surface area (Å²) in [5.41, 5.74) is 5.43. The van der Waals surface area contributed by atoms with Crippen LogP contribution in [0.5, 0.6) is 11.5 Å². The summed E-state index contributed by atoms with van der Waals surface area (Å²) >= 11 is 0. The molecule has 5 rings (SSSR count). The molecule has 3 heteroatoms. The zero-order valence-corrected chi connectivity index (χ0v) is 16.7. The van der Waals surface area contributed by atoms with E-state index in [0.29, 0.717) is 5.56 Å². The second kappa shape index (κ2) is 8.14. The maximum Gasteiger partial charge on any atom is 0.128 e. The fraction of sp³-hybridized carbons (Fsp3) is 0. The fourth-order valence-electron chi connectivity index (χ4n) is 3.64. The molecule has 5 aromatic rings. The van der Waals surface area contributed by atoms with Crippen LogP contribution in [0.3, 0.4) is 0 Å². The number of hydrogen-bond donors (Lipinski definition) is 0. The van der Waals surface area contributed by atoms with Gasteiger partial charge in [0.05, 0.1) is 22.8 Å². The first-order chi connectivity index (χ1) is 15.3. The number of hydrogen-bond acceptors (Lipinski definition) is 3. The molecule has 0 amide bonds. The van der Waals surface area contributed by atoms with E-state index in [4.69, 9.17) is 9.72 Å². The van der Waals surface area contributed by atoms with Crippen LogP contribution in [0.4, 0.5) is 0 Å². The van der Waals surface area contributed by atoms with Gasteiger partial charge in [0.1, 0.15) is 11.5 Å². The van der Waals surface area contributed by atoms with Gasteiger partial charge in [-0.2, -0.15) is 5.26 Å². The van der Waals surface area contributed by atoms with E-state index in [9.17, 15) is 5.26 Å². The summed E-state index contributed by atoms with van der Waals surface area (Å²) in [6.07, 6.45) is 0. The first-order valence-electron chi connectivity index (χ1n) is 10.0. The number of benzene rings is 4. The highest BCUT2D eigenvalue weighted by molar-refractivity contribution is 5.97. The van der Waals surface area contributed by atoms with Crippen LogP contribution >= 0.6 is 0 Å². The first-order valence-corrected chi connectivity index (χ1v) is 10.0. The SMILES string of the molecule is N#Cc1ccc2nc(-c3cccc(Oc4ccccc4)c3)cc(-c3ccccc3)c2c1. The third kappa shape index (κ3) is 3.88. The average Bonchev–Trinajstić information content (AvgIpc) is 2.84. The van der Waals surface area contributed by atoms with Crippen LogP contribution in [0.2, 0.25) is 0 Å². The molecule has 1 aromatic heterocycles. The van der Waals surface area contributed by atoms with Gasteiger partial charge in [0.25, 0.3) is 0 Å². The van der Waals surface area contributed by atoms with Crippen molar-refractivity contribution in [1.82, 2.24) is 4.98 Å². The molecule has 0 radical (unpaired) electrons. The molecular formula is C28H18N2O. The predicted octanol–water partition coefficient (Wildman–Crippen LogP) is 7.23. The summed E-state index contributed by atoms with van der Waals surface area (Å²) in [4.78, 5) is 4.89. The Morgan fingerprint density at radius 3 is 2.13 bits per heavy atom. The molecule has 0 unspecified atom stereocenters. The number of fused-ring (bicyclic) bond motifs is 1. The molecule has 0 aliphatic carbocycles. The Hall–Kier alpha value is -4.42. The van der Waals surface area contributed by atoms with Crippen molar-refractivity contribution in [3.63, 3.8) is 0 Å². The molecule has 0 spiro atoms.